The highest BCUT2D eigenvalue weighted by Crippen LogP contribution is 2.33. The van der Waals surface area contributed by atoms with Crippen LogP contribution in [-0.4, -0.2) is 35.7 Å². The summed E-state index contributed by atoms with van der Waals surface area (Å²) in [5.41, 5.74) is 0.407. The predicted molar refractivity (Wildman–Crippen MR) is 114 cm³/mol. The van der Waals surface area contributed by atoms with E-state index in [-0.39, 0.29) is 41.3 Å². The van der Waals surface area contributed by atoms with Crippen molar-refractivity contribution < 1.29 is 13.5 Å². The average molecular weight is 534 g/mol. The summed E-state index contributed by atoms with van der Waals surface area (Å²) in [4.78, 5) is 8.07. The second-order valence-corrected chi connectivity index (χ2v) is 6.10. The first kappa shape index (κ1) is 23.7. The first-order valence-corrected chi connectivity index (χ1v) is 8.58. The van der Waals surface area contributed by atoms with Crippen LogP contribution in [-0.2, 0) is 13.1 Å². The normalized spacial score (nSPS) is 11.3. The first-order valence-electron chi connectivity index (χ1n) is 7.82. The Hall–Kier alpha value is -1.33. The fourth-order valence-corrected chi connectivity index (χ4v) is 2.83. The van der Waals surface area contributed by atoms with Crippen LogP contribution in [0.2, 0.25) is 10.0 Å². The van der Waals surface area contributed by atoms with Gasteiger partial charge in [0, 0.05) is 49.7 Å². The molecule has 1 aromatic carbocycles. The van der Waals surface area contributed by atoms with Gasteiger partial charge in [0.2, 0.25) is 0 Å². The lowest BCUT2D eigenvalue weighted by atomic mass is 10.2. The Morgan fingerprint density at radius 3 is 2.74 bits per heavy atom. The van der Waals surface area contributed by atoms with Crippen molar-refractivity contribution in [1.29, 1.82) is 0 Å². The number of benzene rings is 1. The van der Waals surface area contributed by atoms with Gasteiger partial charge in [-0.1, -0.05) is 23.2 Å². The molecule has 1 aromatic heterocycles. The summed E-state index contributed by atoms with van der Waals surface area (Å²) in [6.07, 6.45) is 6.23. The third kappa shape index (κ3) is 8.06. The monoisotopic (exact) mass is 533 g/mol. The van der Waals surface area contributed by atoms with Gasteiger partial charge in [0.25, 0.3) is 0 Å². The van der Waals surface area contributed by atoms with E-state index in [1.807, 2.05) is 10.8 Å². The Kier molecular flexibility index (Phi) is 10.7. The molecule has 0 aliphatic rings. The molecule has 2 N–H and O–H groups in total. The SMILES string of the molecule is CN=C(NCCCn1ccnc1)NCc1cc(Cl)cc(Cl)c1OC(F)F.I. The van der Waals surface area contributed by atoms with Gasteiger partial charge in [0.15, 0.2) is 5.96 Å². The second kappa shape index (κ2) is 12.2. The van der Waals surface area contributed by atoms with E-state index in [0.717, 1.165) is 13.0 Å². The lowest BCUT2D eigenvalue weighted by molar-refractivity contribution is -0.0504. The van der Waals surface area contributed by atoms with Crippen molar-refractivity contribution in [2.24, 2.45) is 4.99 Å². The maximum absolute atomic E-state index is 12.6. The van der Waals surface area contributed by atoms with Crippen LogP contribution in [0.3, 0.4) is 0 Å². The molecular weight excluding hydrogens is 514 g/mol. The molecule has 2 aromatic rings. The molecule has 0 spiro atoms. The van der Waals surface area contributed by atoms with E-state index < -0.39 is 6.61 Å². The van der Waals surface area contributed by atoms with Gasteiger partial charge in [-0.25, -0.2) is 4.98 Å². The van der Waals surface area contributed by atoms with E-state index in [9.17, 15) is 8.78 Å². The van der Waals surface area contributed by atoms with Crippen LogP contribution in [0, 0.1) is 0 Å². The van der Waals surface area contributed by atoms with Crippen molar-refractivity contribution in [1.82, 2.24) is 20.2 Å². The summed E-state index contributed by atoms with van der Waals surface area (Å²) in [5, 5.41) is 6.52. The number of nitrogens with zero attached hydrogens (tertiary/aromatic N) is 3. The van der Waals surface area contributed by atoms with E-state index in [1.165, 1.54) is 12.1 Å². The predicted octanol–water partition coefficient (Wildman–Crippen LogP) is 4.16. The maximum atomic E-state index is 12.6. The van der Waals surface area contributed by atoms with Gasteiger partial charge in [-0.3, -0.25) is 4.99 Å². The van der Waals surface area contributed by atoms with Crippen molar-refractivity contribution in [3.63, 3.8) is 0 Å². The van der Waals surface area contributed by atoms with E-state index in [4.69, 9.17) is 23.2 Å². The van der Waals surface area contributed by atoms with Crippen LogP contribution < -0.4 is 15.4 Å². The summed E-state index contributed by atoms with van der Waals surface area (Å²) in [7, 11) is 1.62. The number of ether oxygens (including phenoxy) is 1. The van der Waals surface area contributed by atoms with Crippen molar-refractivity contribution in [3.8, 4) is 5.75 Å². The van der Waals surface area contributed by atoms with E-state index in [1.54, 1.807) is 19.6 Å². The average Bonchev–Trinajstić information content (AvgIpc) is 3.10. The summed E-state index contributed by atoms with van der Waals surface area (Å²) in [6, 6.07) is 2.87. The third-order valence-electron chi connectivity index (χ3n) is 3.41. The zero-order valence-corrected chi connectivity index (χ0v) is 18.3. The smallest absolute Gasteiger partial charge is 0.387 e. The Morgan fingerprint density at radius 2 is 2.11 bits per heavy atom. The number of hydrogen-bond acceptors (Lipinski definition) is 3. The minimum absolute atomic E-state index is 0. The topological polar surface area (TPSA) is 63.5 Å². The molecule has 0 amide bonds. The van der Waals surface area contributed by atoms with Crippen LogP contribution in [0.5, 0.6) is 5.75 Å². The number of hydrogen-bond donors (Lipinski definition) is 2. The van der Waals surface area contributed by atoms with Crippen molar-refractivity contribution >= 4 is 53.1 Å². The molecule has 0 radical (unpaired) electrons. The highest BCUT2D eigenvalue weighted by Gasteiger charge is 2.15. The van der Waals surface area contributed by atoms with Crippen LogP contribution >= 0.6 is 47.2 Å². The molecule has 0 aliphatic heterocycles. The molecule has 0 bridgehead atoms. The molecule has 0 unspecified atom stereocenters. The zero-order chi connectivity index (χ0) is 18.9. The maximum Gasteiger partial charge on any atom is 0.387 e. The summed E-state index contributed by atoms with van der Waals surface area (Å²) in [6.45, 7) is -1.31. The van der Waals surface area contributed by atoms with Crippen molar-refractivity contribution in [2.75, 3.05) is 13.6 Å². The third-order valence-corrected chi connectivity index (χ3v) is 3.91. The molecule has 0 atom stereocenters. The number of aryl methyl sites for hydroxylation is 1. The molecular formula is C16H20Cl2F2IN5O. The fourth-order valence-electron chi connectivity index (χ4n) is 2.25. The Bertz CT molecular complexity index is 732. The van der Waals surface area contributed by atoms with Crippen LogP contribution in [0.1, 0.15) is 12.0 Å². The summed E-state index contributed by atoms with van der Waals surface area (Å²) >= 11 is 11.9. The molecule has 6 nitrogen and oxygen atoms in total. The van der Waals surface area contributed by atoms with Gasteiger partial charge in [-0.2, -0.15) is 8.78 Å². The number of nitrogens with one attached hydrogen (secondary N) is 2. The molecule has 1 heterocycles. The highest BCUT2D eigenvalue weighted by molar-refractivity contribution is 14.0. The minimum atomic E-state index is -2.98. The van der Waals surface area contributed by atoms with Gasteiger partial charge in [0.1, 0.15) is 5.75 Å². The number of rotatable bonds is 8. The van der Waals surface area contributed by atoms with Gasteiger partial charge >= 0.3 is 6.61 Å². The molecule has 0 saturated heterocycles. The van der Waals surface area contributed by atoms with E-state index in [0.29, 0.717) is 23.1 Å². The Balaban J connectivity index is 0.00000364. The number of aliphatic imine (C=N–C) groups is 1. The van der Waals surface area contributed by atoms with Crippen LogP contribution in [0.4, 0.5) is 8.78 Å². The van der Waals surface area contributed by atoms with Crippen molar-refractivity contribution in [2.45, 2.75) is 26.1 Å². The molecule has 0 fully saturated rings. The van der Waals surface area contributed by atoms with E-state index >= 15 is 0 Å². The Morgan fingerprint density at radius 1 is 1.33 bits per heavy atom. The molecule has 11 heteroatoms. The largest absolute Gasteiger partial charge is 0.433 e. The minimum Gasteiger partial charge on any atom is -0.433 e. The number of aromatic nitrogens is 2. The first-order chi connectivity index (χ1) is 12.5. The quantitative estimate of drug-likeness (QED) is 0.231. The van der Waals surface area contributed by atoms with Gasteiger partial charge < -0.3 is 19.9 Å². The zero-order valence-electron chi connectivity index (χ0n) is 14.5. The highest BCUT2D eigenvalue weighted by atomic mass is 127. The van der Waals surface area contributed by atoms with E-state index in [2.05, 4.69) is 25.3 Å². The van der Waals surface area contributed by atoms with Crippen molar-refractivity contribution in [3.05, 3.63) is 46.5 Å². The molecule has 150 valence electrons. The van der Waals surface area contributed by atoms with Crippen LogP contribution in [0.15, 0.2) is 35.8 Å². The molecule has 2 rings (SSSR count). The Labute approximate surface area is 183 Å². The molecule has 27 heavy (non-hydrogen) atoms. The number of alkyl halides is 2. The second-order valence-electron chi connectivity index (χ2n) is 5.26. The summed E-state index contributed by atoms with van der Waals surface area (Å²) < 4.78 is 31.7. The molecule has 0 saturated carbocycles. The van der Waals surface area contributed by atoms with Crippen LogP contribution in [0.25, 0.3) is 0 Å². The number of imidazole rings is 1. The van der Waals surface area contributed by atoms with Gasteiger partial charge in [0.05, 0.1) is 11.3 Å². The number of halogens is 5. The standard InChI is InChI=1S/C16H19Cl2F2N5O.HI/c1-21-16(23-3-2-5-25-6-4-22-10-25)24-9-11-7-12(17)8-13(18)14(11)26-15(19)20;/h4,6-8,10,15H,2-3,5,9H2,1H3,(H2,21,23,24);1H. The fraction of sp³-hybridized carbons (Fsp3) is 0.375. The number of guanidine groups is 1. The lowest BCUT2D eigenvalue weighted by Crippen LogP contribution is -2.37. The van der Waals surface area contributed by atoms with Gasteiger partial charge in [-0.15, -0.1) is 24.0 Å². The van der Waals surface area contributed by atoms with Gasteiger partial charge in [-0.05, 0) is 18.6 Å². The summed E-state index contributed by atoms with van der Waals surface area (Å²) in [5.74, 6) is 0.420. The lowest BCUT2D eigenvalue weighted by Gasteiger charge is -2.16. The molecule has 0 aliphatic carbocycles.